The van der Waals surface area contributed by atoms with Gasteiger partial charge in [0.05, 0.1) is 10.9 Å². The molecule has 0 radical (unpaired) electrons. The van der Waals surface area contributed by atoms with Crippen LogP contribution in [0, 0.1) is 5.92 Å². The van der Waals surface area contributed by atoms with Crippen molar-refractivity contribution in [2.24, 2.45) is 5.92 Å². The van der Waals surface area contributed by atoms with Crippen molar-refractivity contribution in [3.05, 3.63) is 28.3 Å². The number of halogens is 2. The minimum Gasteiger partial charge on any atom is -0.451 e. The van der Waals surface area contributed by atoms with Gasteiger partial charge in [0.2, 0.25) is 0 Å². The van der Waals surface area contributed by atoms with Crippen LogP contribution in [0.5, 0.6) is 0 Å². The molecule has 0 aromatic heterocycles. The normalized spacial score (nSPS) is 19.3. The molecule has 0 bridgehead atoms. The maximum Gasteiger partial charge on any atom is 0.310 e. The van der Waals surface area contributed by atoms with E-state index in [2.05, 4.69) is 11.4 Å². The van der Waals surface area contributed by atoms with Gasteiger partial charge in [0.15, 0.2) is 0 Å². The Morgan fingerprint density at radius 3 is 2.72 bits per heavy atom. The first-order valence-electron chi connectivity index (χ1n) is 9.03. The SMILES string of the molecule is CC(OC(=O)C1CCCCC1)Sc1c(Cl)ccc2c1CCNCC2.Cl. The van der Waals surface area contributed by atoms with Crippen molar-refractivity contribution >= 4 is 41.7 Å². The lowest BCUT2D eigenvalue weighted by atomic mass is 9.89. The van der Waals surface area contributed by atoms with Crippen molar-refractivity contribution in [2.45, 2.75) is 62.2 Å². The second kappa shape index (κ2) is 10.1. The number of carbonyl (C=O) groups excluding carboxylic acids is 1. The van der Waals surface area contributed by atoms with Crippen LogP contribution in [0.25, 0.3) is 0 Å². The van der Waals surface area contributed by atoms with Gasteiger partial charge in [0.1, 0.15) is 5.44 Å². The van der Waals surface area contributed by atoms with Crippen LogP contribution < -0.4 is 5.32 Å². The van der Waals surface area contributed by atoms with Gasteiger partial charge in [0.25, 0.3) is 0 Å². The summed E-state index contributed by atoms with van der Waals surface area (Å²) in [6, 6.07) is 4.11. The monoisotopic (exact) mass is 403 g/mol. The van der Waals surface area contributed by atoms with Crippen LogP contribution in [-0.2, 0) is 22.4 Å². The Labute approximate surface area is 166 Å². The van der Waals surface area contributed by atoms with E-state index in [-0.39, 0.29) is 29.7 Å². The standard InChI is InChI=1S/C19H26ClNO2S.ClH/c1-13(23-19(22)15-5-3-2-4-6-15)24-18-16-10-12-21-11-9-14(16)7-8-17(18)20;/h7-8,13,15,21H,2-6,9-12H2,1H3;1H. The Kier molecular flexibility index (Phi) is 8.40. The summed E-state index contributed by atoms with van der Waals surface area (Å²) in [7, 11) is 0. The average molecular weight is 404 g/mol. The number of esters is 1. The number of benzene rings is 1. The number of carbonyl (C=O) groups is 1. The molecule has 1 aliphatic carbocycles. The summed E-state index contributed by atoms with van der Waals surface area (Å²) in [5.74, 6) is 0.0591. The van der Waals surface area contributed by atoms with Gasteiger partial charge in [-0.1, -0.05) is 48.7 Å². The van der Waals surface area contributed by atoms with Crippen LogP contribution in [-0.4, -0.2) is 24.5 Å². The van der Waals surface area contributed by atoms with Gasteiger partial charge in [-0.25, -0.2) is 0 Å². The fourth-order valence-corrected chi connectivity index (χ4v) is 4.97. The van der Waals surface area contributed by atoms with Crippen molar-refractivity contribution in [2.75, 3.05) is 13.1 Å². The largest absolute Gasteiger partial charge is 0.451 e. The zero-order chi connectivity index (χ0) is 16.9. The molecule has 140 valence electrons. The molecule has 0 amide bonds. The van der Waals surface area contributed by atoms with E-state index in [1.54, 1.807) is 11.8 Å². The molecule has 1 N–H and O–H groups in total. The molecule has 25 heavy (non-hydrogen) atoms. The van der Waals surface area contributed by atoms with Crippen LogP contribution >= 0.6 is 35.8 Å². The average Bonchev–Trinajstić information content (AvgIpc) is 2.84. The second-order valence-corrected chi connectivity index (χ2v) is 8.44. The van der Waals surface area contributed by atoms with Crippen molar-refractivity contribution in [1.82, 2.24) is 5.32 Å². The van der Waals surface area contributed by atoms with E-state index in [0.29, 0.717) is 0 Å². The van der Waals surface area contributed by atoms with Crippen LogP contribution in [0.15, 0.2) is 17.0 Å². The molecule has 1 aromatic rings. The molecular formula is C19H27Cl2NO2S. The third-order valence-electron chi connectivity index (χ3n) is 4.94. The highest BCUT2D eigenvalue weighted by Crippen LogP contribution is 2.37. The highest BCUT2D eigenvalue weighted by Gasteiger charge is 2.25. The zero-order valence-electron chi connectivity index (χ0n) is 14.7. The first kappa shape index (κ1) is 20.9. The molecule has 2 aliphatic rings. The Hall–Kier alpha value is -0.420. The van der Waals surface area contributed by atoms with Crippen molar-refractivity contribution in [3.63, 3.8) is 0 Å². The van der Waals surface area contributed by atoms with Crippen LogP contribution in [0.4, 0.5) is 0 Å². The van der Waals surface area contributed by atoms with Crippen LogP contribution in [0.3, 0.4) is 0 Å². The van der Waals surface area contributed by atoms with Crippen LogP contribution in [0.2, 0.25) is 5.02 Å². The molecule has 1 unspecified atom stereocenters. The van der Waals surface area contributed by atoms with Crippen LogP contribution in [0.1, 0.15) is 50.2 Å². The van der Waals surface area contributed by atoms with E-state index in [4.69, 9.17) is 16.3 Å². The number of rotatable bonds is 4. The fraction of sp³-hybridized carbons (Fsp3) is 0.632. The quantitative estimate of drug-likeness (QED) is 0.435. The summed E-state index contributed by atoms with van der Waals surface area (Å²) >= 11 is 8.05. The van der Waals surface area contributed by atoms with E-state index in [0.717, 1.165) is 61.5 Å². The van der Waals surface area contributed by atoms with E-state index >= 15 is 0 Å². The molecule has 6 heteroatoms. The molecule has 3 rings (SSSR count). The number of hydrogen-bond acceptors (Lipinski definition) is 4. The lowest BCUT2D eigenvalue weighted by molar-refractivity contribution is -0.150. The van der Waals surface area contributed by atoms with E-state index in [1.807, 2.05) is 13.0 Å². The molecule has 0 spiro atoms. The first-order valence-corrected chi connectivity index (χ1v) is 10.3. The molecular weight excluding hydrogens is 377 g/mol. The maximum absolute atomic E-state index is 12.3. The minimum atomic E-state index is -0.209. The summed E-state index contributed by atoms with van der Waals surface area (Å²) in [5.41, 5.74) is 2.47. The van der Waals surface area contributed by atoms with Gasteiger partial charge in [-0.15, -0.1) is 12.4 Å². The number of hydrogen-bond donors (Lipinski definition) is 1. The third-order valence-corrected chi connectivity index (χ3v) is 6.49. The highest BCUT2D eigenvalue weighted by molar-refractivity contribution is 8.00. The molecule has 1 atom stereocenters. The Morgan fingerprint density at radius 1 is 1.24 bits per heavy atom. The van der Waals surface area contributed by atoms with Gasteiger partial charge in [-0.2, -0.15) is 0 Å². The van der Waals surface area contributed by atoms with E-state index in [1.165, 1.54) is 17.5 Å². The predicted octanol–water partition coefficient (Wildman–Crippen LogP) is 5.01. The second-order valence-electron chi connectivity index (χ2n) is 6.72. The predicted molar refractivity (Wildman–Crippen MR) is 107 cm³/mol. The Morgan fingerprint density at radius 2 is 1.96 bits per heavy atom. The van der Waals surface area contributed by atoms with Crippen molar-refractivity contribution in [3.8, 4) is 0 Å². The first-order chi connectivity index (χ1) is 11.6. The molecule has 1 fully saturated rings. The maximum atomic E-state index is 12.3. The molecule has 1 heterocycles. The Bertz CT molecular complexity index is 591. The van der Waals surface area contributed by atoms with Crippen molar-refractivity contribution < 1.29 is 9.53 Å². The number of nitrogens with one attached hydrogen (secondary N) is 1. The molecule has 1 aliphatic heterocycles. The zero-order valence-corrected chi connectivity index (χ0v) is 17.1. The summed E-state index contributed by atoms with van der Waals surface area (Å²) < 4.78 is 5.72. The summed E-state index contributed by atoms with van der Waals surface area (Å²) in [4.78, 5) is 13.4. The van der Waals surface area contributed by atoms with Gasteiger partial charge >= 0.3 is 5.97 Å². The molecule has 0 saturated heterocycles. The smallest absolute Gasteiger partial charge is 0.310 e. The molecule has 1 aromatic carbocycles. The third kappa shape index (κ3) is 5.53. The number of thioether (sulfide) groups is 1. The minimum absolute atomic E-state index is 0. The van der Waals surface area contributed by atoms with Crippen molar-refractivity contribution in [1.29, 1.82) is 0 Å². The van der Waals surface area contributed by atoms with E-state index < -0.39 is 0 Å². The highest BCUT2D eigenvalue weighted by atomic mass is 35.5. The molecule has 3 nitrogen and oxygen atoms in total. The number of ether oxygens (including phenoxy) is 1. The van der Waals surface area contributed by atoms with Gasteiger partial charge < -0.3 is 10.1 Å². The summed E-state index contributed by atoms with van der Waals surface area (Å²) in [6.45, 7) is 3.93. The lowest BCUT2D eigenvalue weighted by Crippen LogP contribution is -2.23. The Balaban J connectivity index is 0.00000225. The summed E-state index contributed by atoms with van der Waals surface area (Å²) in [5, 5.41) is 4.20. The van der Waals surface area contributed by atoms with Gasteiger partial charge in [-0.3, -0.25) is 4.79 Å². The fourth-order valence-electron chi connectivity index (χ4n) is 3.63. The number of fused-ring (bicyclic) bond motifs is 1. The van der Waals surface area contributed by atoms with E-state index in [9.17, 15) is 4.79 Å². The summed E-state index contributed by atoms with van der Waals surface area (Å²) in [6.07, 6.45) is 7.48. The van der Waals surface area contributed by atoms with Gasteiger partial charge in [-0.05, 0) is 62.9 Å². The van der Waals surface area contributed by atoms with Gasteiger partial charge in [0, 0.05) is 4.90 Å². The lowest BCUT2D eigenvalue weighted by Gasteiger charge is -2.23. The molecule has 1 saturated carbocycles. The topological polar surface area (TPSA) is 38.3 Å².